The van der Waals surface area contributed by atoms with Gasteiger partial charge in [-0.1, -0.05) is 62.2 Å². The van der Waals surface area contributed by atoms with Gasteiger partial charge in [-0.05, 0) is 63.5 Å². The fourth-order valence-electron chi connectivity index (χ4n) is 8.75. The molecule has 1 aliphatic carbocycles. The van der Waals surface area contributed by atoms with E-state index in [0.29, 0.717) is 55.1 Å². The molecule has 1 aromatic heterocycles. The Labute approximate surface area is 317 Å². The molecule has 0 spiro atoms. The number of aromatic nitrogens is 1. The predicted octanol–water partition coefficient (Wildman–Crippen LogP) is 6.39. The number of aliphatic carboxylic acids is 1. The second-order valence-corrected chi connectivity index (χ2v) is 15.4. The van der Waals surface area contributed by atoms with E-state index in [-0.39, 0.29) is 30.7 Å². The molecule has 54 heavy (non-hydrogen) atoms. The molecule has 7 rings (SSSR count). The van der Waals surface area contributed by atoms with Gasteiger partial charge in [-0.3, -0.25) is 14.4 Å². The fraction of sp³-hybridized carbons (Fsp3) is 0.512. The molecule has 11 heteroatoms. The van der Waals surface area contributed by atoms with Crippen LogP contribution in [0, 0.1) is 17.8 Å². The summed E-state index contributed by atoms with van der Waals surface area (Å²) < 4.78 is 12.4. The van der Waals surface area contributed by atoms with Crippen molar-refractivity contribution in [2.45, 2.75) is 95.2 Å². The first-order valence-electron chi connectivity index (χ1n) is 19.7. The van der Waals surface area contributed by atoms with Gasteiger partial charge in [0.2, 0.25) is 17.7 Å². The number of nitrogens with one attached hydrogen (secondary N) is 1. The Morgan fingerprint density at radius 2 is 1.78 bits per heavy atom. The van der Waals surface area contributed by atoms with Crippen molar-refractivity contribution in [3.05, 3.63) is 66.7 Å². The summed E-state index contributed by atoms with van der Waals surface area (Å²) in [6, 6.07) is 16.3. The lowest BCUT2D eigenvalue weighted by molar-refractivity contribution is -0.148. The van der Waals surface area contributed by atoms with E-state index in [9.17, 15) is 24.3 Å². The third-order valence-corrected chi connectivity index (χ3v) is 12.0. The highest BCUT2D eigenvalue weighted by molar-refractivity contribution is 5.96. The number of carboxylic acids is 1. The third-order valence-electron chi connectivity index (χ3n) is 12.0. The predicted molar refractivity (Wildman–Crippen MR) is 205 cm³/mol. The van der Waals surface area contributed by atoms with Gasteiger partial charge in [0.25, 0.3) is 0 Å². The molecule has 3 amide bonds. The highest BCUT2D eigenvalue weighted by Crippen LogP contribution is 2.46. The molecule has 3 aromatic rings. The van der Waals surface area contributed by atoms with Crippen LogP contribution < -0.4 is 14.8 Å². The largest absolute Gasteiger partial charge is 0.497 e. The van der Waals surface area contributed by atoms with Crippen molar-refractivity contribution < 1.29 is 33.8 Å². The van der Waals surface area contributed by atoms with E-state index in [2.05, 4.69) is 5.32 Å². The monoisotopic (exact) mass is 736 g/mol. The van der Waals surface area contributed by atoms with E-state index >= 15 is 0 Å². The molecule has 3 fully saturated rings. The van der Waals surface area contributed by atoms with Gasteiger partial charge >= 0.3 is 5.97 Å². The summed E-state index contributed by atoms with van der Waals surface area (Å²) in [6.07, 6.45) is 11.1. The number of nitrogens with zero attached hydrogens (tertiary/aromatic N) is 3. The zero-order valence-electron chi connectivity index (χ0n) is 31.4. The highest BCUT2D eigenvalue weighted by Gasteiger charge is 2.62. The van der Waals surface area contributed by atoms with Crippen LogP contribution in [0.4, 0.5) is 0 Å². The molecular weight excluding hydrogens is 684 g/mol. The molecule has 2 aromatic carbocycles. The number of likely N-dealkylation sites (tertiary alicyclic amines) is 1. The molecule has 3 aliphatic heterocycles. The van der Waals surface area contributed by atoms with Crippen molar-refractivity contribution in [2.75, 3.05) is 26.7 Å². The van der Waals surface area contributed by atoms with Crippen LogP contribution in [-0.2, 0) is 19.2 Å². The lowest BCUT2D eigenvalue weighted by Gasteiger charge is -2.32. The summed E-state index contributed by atoms with van der Waals surface area (Å²) in [4.78, 5) is 64.2. The van der Waals surface area contributed by atoms with Crippen molar-refractivity contribution in [1.29, 1.82) is 0 Å². The molecule has 2 N–H and O–H groups in total. The zero-order chi connectivity index (χ0) is 37.8. The van der Waals surface area contributed by atoms with Crippen LogP contribution in [0.1, 0.15) is 77.6 Å². The molecule has 2 saturated heterocycles. The molecule has 0 bridgehead atoms. The van der Waals surface area contributed by atoms with E-state index in [1.807, 2.05) is 78.6 Å². The van der Waals surface area contributed by atoms with Crippen molar-refractivity contribution >= 4 is 34.6 Å². The van der Waals surface area contributed by atoms with Gasteiger partial charge in [-0.25, -0.2) is 9.78 Å². The summed E-state index contributed by atoms with van der Waals surface area (Å²) in [5.74, 6) is -2.02. The molecule has 286 valence electrons. The Hall–Kier alpha value is -4.93. The smallest absolute Gasteiger partial charge is 0.330 e. The number of pyridine rings is 1. The molecule has 4 heterocycles. The standard InChI is InChI=1S/C43H52N4O7/c1-3-32-37(54-36-25-34(28-15-10-7-11-16-28)44-35-24-31(53-2)19-20-33(35)36)27-47-39(32)40(49)45-43(42(51)52)26-30(43)18-12-6-4-5-9-17-29(41(47)50)23-38(48)46-21-13-8-14-22-46/h7,10-12,15-16,18-20,24-25,29-30,32,37,39H,3-6,8-9,13-14,17,21-23,26-27H2,1-2H3,(H,45,49)(H,51,52)/t29-,30-,32?,37+,39+,43-/m1/s1. The quantitative estimate of drug-likeness (QED) is 0.254. The number of allylic oxidation sites excluding steroid dienone is 1. The number of piperidine rings is 1. The topological polar surface area (TPSA) is 138 Å². The normalized spacial score (nSPS) is 27.6. The Kier molecular flexibility index (Phi) is 11.2. The SMILES string of the molecule is CCC1[C@@H](Oc2cc(-c3ccccc3)nc3cc(OC)ccc23)CN2C(=O)[C@@H](CC(=O)N3CCCCC3)CCCCCC=C[C@@H]3C[C@@]3(C(=O)O)NC(=O)[C@H]12. The zero-order valence-corrected chi connectivity index (χ0v) is 31.4. The van der Waals surface area contributed by atoms with Gasteiger partial charge < -0.3 is 29.7 Å². The van der Waals surface area contributed by atoms with Crippen LogP contribution in [0.5, 0.6) is 11.5 Å². The summed E-state index contributed by atoms with van der Waals surface area (Å²) in [7, 11) is 1.61. The first-order valence-corrected chi connectivity index (χ1v) is 19.7. The van der Waals surface area contributed by atoms with Crippen molar-refractivity contribution in [3.63, 3.8) is 0 Å². The maximum absolute atomic E-state index is 14.9. The maximum atomic E-state index is 14.9. The average molecular weight is 737 g/mol. The van der Waals surface area contributed by atoms with Crippen LogP contribution >= 0.6 is 0 Å². The molecule has 1 saturated carbocycles. The number of carbonyl (C=O) groups is 4. The maximum Gasteiger partial charge on any atom is 0.330 e. The number of carbonyl (C=O) groups excluding carboxylic acids is 3. The summed E-state index contributed by atoms with van der Waals surface area (Å²) in [6.45, 7) is 3.48. The number of carboxylic acid groups (broad SMARTS) is 1. The Bertz CT molecular complexity index is 1890. The number of methoxy groups -OCH3 is 1. The summed E-state index contributed by atoms with van der Waals surface area (Å²) in [5.41, 5.74) is 0.858. The molecule has 11 nitrogen and oxygen atoms in total. The molecule has 0 radical (unpaired) electrons. The Morgan fingerprint density at radius 3 is 2.52 bits per heavy atom. The van der Waals surface area contributed by atoms with Crippen LogP contribution in [0.15, 0.2) is 66.7 Å². The number of hydrogen-bond donors (Lipinski definition) is 2. The summed E-state index contributed by atoms with van der Waals surface area (Å²) >= 11 is 0. The second-order valence-electron chi connectivity index (χ2n) is 15.4. The number of amides is 3. The van der Waals surface area contributed by atoms with Gasteiger partial charge in [0.1, 0.15) is 29.2 Å². The average Bonchev–Trinajstić information content (AvgIpc) is 3.77. The fourth-order valence-corrected chi connectivity index (χ4v) is 8.75. The molecule has 6 atom stereocenters. The number of rotatable bonds is 8. The minimum absolute atomic E-state index is 0.0216. The van der Waals surface area contributed by atoms with Crippen LogP contribution in [0.3, 0.4) is 0 Å². The van der Waals surface area contributed by atoms with Gasteiger partial charge in [-0.2, -0.15) is 0 Å². The van der Waals surface area contributed by atoms with Gasteiger partial charge in [0.15, 0.2) is 0 Å². The van der Waals surface area contributed by atoms with E-state index in [1.54, 1.807) is 12.0 Å². The van der Waals surface area contributed by atoms with E-state index in [1.165, 1.54) is 0 Å². The highest BCUT2D eigenvalue weighted by atomic mass is 16.5. The van der Waals surface area contributed by atoms with E-state index in [0.717, 1.165) is 55.9 Å². The minimum Gasteiger partial charge on any atom is -0.497 e. The molecular formula is C43H52N4O7. The third kappa shape index (κ3) is 7.68. The van der Waals surface area contributed by atoms with Gasteiger partial charge in [0.05, 0.1) is 24.9 Å². The minimum atomic E-state index is -1.42. The van der Waals surface area contributed by atoms with Gasteiger partial charge in [0, 0.05) is 60.3 Å². The molecule has 4 aliphatic rings. The van der Waals surface area contributed by atoms with E-state index in [4.69, 9.17) is 14.5 Å². The first-order chi connectivity index (χ1) is 26.2. The molecule has 1 unspecified atom stereocenters. The second kappa shape index (κ2) is 16.2. The van der Waals surface area contributed by atoms with Gasteiger partial charge in [-0.15, -0.1) is 0 Å². The van der Waals surface area contributed by atoms with Crippen LogP contribution in [0.25, 0.3) is 22.2 Å². The van der Waals surface area contributed by atoms with E-state index < -0.39 is 41.4 Å². The van der Waals surface area contributed by atoms with Crippen LogP contribution in [-0.4, -0.2) is 88.0 Å². The number of fused-ring (bicyclic) bond motifs is 3. The van der Waals surface area contributed by atoms with Crippen LogP contribution in [0.2, 0.25) is 0 Å². The number of benzene rings is 2. The van der Waals surface area contributed by atoms with Crippen molar-refractivity contribution in [2.24, 2.45) is 17.8 Å². The summed E-state index contributed by atoms with van der Waals surface area (Å²) in [5, 5.41) is 14.1. The Balaban J connectivity index is 1.26. The first kappa shape index (κ1) is 37.4. The number of ether oxygens (including phenoxy) is 2. The number of hydrogen-bond acceptors (Lipinski definition) is 7. The van der Waals surface area contributed by atoms with Crippen molar-refractivity contribution in [3.8, 4) is 22.8 Å². The van der Waals surface area contributed by atoms with Crippen molar-refractivity contribution in [1.82, 2.24) is 20.1 Å². The lowest BCUT2D eigenvalue weighted by atomic mass is 9.92. The lowest BCUT2D eigenvalue weighted by Crippen LogP contribution is -2.55. The Morgan fingerprint density at radius 1 is 1.00 bits per heavy atom.